The highest BCUT2D eigenvalue weighted by Gasteiger charge is 2.17. The zero-order valence-electron chi connectivity index (χ0n) is 15.0. The third kappa shape index (κ3) is 8.71. The minimum atomic E-state index is -0.463. The average molecular weight is 340 g/mol. The molecule has 0 unspecified atom stereocenters. The number of carbonyl (C=O) groups is 1. The Morgan fingerprint density at radius 3 is 2.43 bits per heavy atom. The van der Waals surface area contributed by atoms with Gasteiger partial charge >= 0.3 is 6.09 Å². The molecule has 0 spiro atoms. The van der Waals surface area contributed by atoms with E-state index in [4.69, 9.17) is 4.74 Å². The number of aromatic nitrogens is 1. The molecule has 1 aromatic heterocycles. The van der Waals surface area contributed by atoms with Crippen LogP contribution in [0.25, 0.3) is 0 Å². The second kappa shape index (κ2) is 8.45. The van der Waals surface area contributed by atoms with Gasteiger partial charge < -0.3 is 15.4 Å². The molecule has 0 aliphatic heterocycles. The van der Waals surface area contributed by atoms with Crippen molar-refractivity contribution in [2.75, 3.05) is 13.1 Å². The predicted molar refractivity (Wildman–Crippen MR) is 95.9 cm³/mol. The topological polar surface area (TPSA) is 63.2 Å². The fourth-order valence-corrected chi connectivity index (χ4v) is 2.55. The number of thiazole rings is 1. The highest BCUT2D eigenvalue weighted by atomic mass is 32.1. The van der Waals surface area contributed by atoms with Gasteiger partial charge in [-0.2, -0.15) is 0 Å². The monoisotopic (exact) mass is 339 g/mol. The van der Waals surface area contributed by atoms with E-state index in [1.54, 1.807) is 11.3 Å². The van der Waals surface area contributed by atoms with Gasteiger partial charge in [-0.05, 0) is 20.8 Å². The quantitative estimate of drug-likeness (QED) is 0.614. The van der Waals surface area contributed by atoms with Crippen LogP contribution in [0, 0.1) is 0 Å². The second-order valence-electron chi connectivity index (χ2n) is 7.38. The van der Waals surface area contributed by atoms with Gasteiger partial charge in [-0.1, -0.05) is 32.9 Å². The maximum atomic E-state index is 11.4. The first-order valence-corrected chi connectivity index (χ1v) is 8.73. The van der Waals surface area contributed by atoms with Gasteiger partial charge in [-0.25, -0.2) is 9.78 Å². The summed E-state index contributed by atoms with van der Waals surface area (Å²) >= 11 is 1.71. The minimum absolute atomic E-state index is 0.107. The number of nitrogens with zero attached hydrogens (tertiary/aromatic N) is 1. The largest absolute Gasteiger partial charge is 0.444 e. The lowest BCUT2D eigenvalue weighted by Crippen LogP contribution is -2.32. The van der Waals surface area contributed by atoms with E-state index in [1.165, 1.54) is 0 Å². The highest BCUT2D eigenvalue weighted by molar-refractivity contribution is 7.09. The van der Waals surface area contributed by atoms with Crippen LogP contribution in [0.3, 0.4) is 0 Å². The van der Waals surface area contributed by atoms with Gasteiger partial charge in [0.25, 0.3) is 0 Å². The molecule has 0 bridgehead atoms. The Kier molecular flexibility index (Phi) is 7.22. The summed E-state index contributed by atoms with van der Waals surface area (Å²) in [6, 6.07) is 0. The molecule has 0 radical (unpaired) electrons. The third-order valence-corrected chi connectivity index (χ3v) is 4.01. The molecule has 6 heteroatoms. The van der Waals surface area contributed by atoms with Gasteiger partial charge in [-0.15, -0.1) is 11.3 Å². The van der Waals surface area contributed by atoms with Crippen molar-refractivity contribution < 1.29 is 9.53 Å². The molecule has 0 saturated carbocycles. The van der Waals surface area contributed by atoms with E-state index in [-0.39, 0.29) is 5.41 Å². The number of hydrogen-bond acceptors (Lipinski definition) is 5. The molecule has 0 atom stereocenters. The van der Waals surface area contributed by atoms with Crippen LogP contribution in [0.1, 0.15) is 52.2 Å². The Labute approximate surface area is 143 Å². The van der Waals surface area contributed by atoms with Crippen LogP contribution in [-0.4, -0.2) is 29.8 Å². The molecule has 2 N–H and O–H groups in total. The normalized spacial score (nSPS) is 12.6. The predicted octanol–water partition coefficient (Wildman–Crippen LogP) is 3.61. The van der Waals surface area contributed by atoms with Gasteiger partial charge in [-0.3, -0.25) is 0 Å². The minimum Gasteiger partial charge on any atom is -0.444 e. The van der Waals surface area contributed by atoms with Crippen molar-refractivity contribution >= 4 is 17.4 Å². The van der Waals surface area contributed by atoms with Gasteiger partial charge in [0, 0.05) is 30.4 Å². The van der Waals surface area contributed by atoms with E-state index in [0.29, 0.717) is 6.54 Å². The average Bonchev–Trinajstić information content (AvgIpc) is 2.84. The highest BCUT2D eigenvalue weighted by Crippen LogP contribution is 2.25. The lowest BCUT2D eigenvalue weighted by Gasteiger charge is -2.19. The first-order valence-electron chi connectivity index (χ1n) is 7.85. The van der Waals surface area contributed by atoms with Crippen LogP contribution in [0.2, 0.25) is 0 Å². The molecule has 0 aliphatic carbocycles. The van der Waals surface area contributed by atoms with Crippen molar-refractivity contribution in [2.24, 2.45) is 0 Å². The number of ether oxygens (including phenoxy) is 1. The van der Waals surface area contributed by atoms with E-state index < -0.39 is 11.7 Å². The summed E-state index contributed by atoms with van der Waals surface area (Å²) in [5.41, 5.74) is 0.713. The zero-order valence-corrected chi connectivity index (χ0v) is 15.8. The maximum absolute atomic E-state index is 11.4. The Morgan fingerprint density at radius 1 is 1.22 bits per heavy atom. The molecule has 0 saturated heterocycles. The van der Waals surface area contributed by atoms with Crippen molar-refractivity contribution in [3.8, 4) is 0 Å². The fraction of sp³-hybridized carbons (Fsp3) is 0.647. The number of carbonyl (C=O) groups excluding carboxylic acids is 1. The van der Waals surface area contributed by atoms with Gasteiger partial charge in [0.2, 0.25) is 0 Å². The number of hydrogen-bond donors (Lipinski definition) is 2. The fourth-order valence-electron chi connectivity index (χ4n) is 1.64. The second-order valence-corrected chi connectivity index (χ2v) is 8.24. The van der Waals surface area contributed by atoms with Crippen LogP contribution in [0.15, 0.2) is 17.5 Å². The molecule has 1 aromatic rings. The van der Waals surface area contributed by atoms with E-state index in [9.17, 15) is 4.79 Å². The first kappa shape index (κ1) is 19.6. The van der Waals surface area contributed by atoms with E-state index >= 15 is 0 Å². The molecule has 130 valence electrons. The van der Waals surface area contributed by atoms with Crippen molar-refractivity contribution in [1.82, 2.24) is 15.6 Å². The smallest absolute Gasteiger partial charge is 0.407 e. The lowest BCUT2D eigenvalue weighted by atomic mass is 9.98. The summed E-state index contributed by atoms with van der Waals surface area (Å²) in [4.78, 5) is 16.1. The van der Waals surface area contributed by atoms with Crippen molar-refractivity contribution in [3.63, 3.8) is 0 Å². The molecule has 23 heavy (non-hydrogen) atoms. The van der Waals surface area contributed by atoms with Crippen molar-refractivity contribution in [1.29, 1.82) is 0 Å². The van der Waals surface area contributed by atoms with Gasteiger partial charge in [0.05, 0.1) is 10.7 Å². The SMILES string of the molecule is CC(C)(C)OC(=O)NC/C=C/CNCc1csc(C(C)(C)C)n1. The van der Waals surface area contributed by atoms with E-state index in [1.807, 2.05) is 32.9 Å². The van der Waals surface area contributed by atoms with Crippen LogP contribution < -0.4 is 10.6 Å². The molecule has 1 amide bonds. The number of rotatable bonds is 6. The van der Waals surface area contributed by atoms with E-state index in [2.05, 4.69) is 41.8 Å². The van der Waals surface area contributed by atoms with Crippen molar-refractivity contribution in [2.45, 2.75) is 59.1 Å². The lowest BCUT2D eigenvalue weighted by molar-refractivity contribution is 0.0534. The van der Waals surface area contributed by atoms with Crippen LogP contribution >= 0.6 is 11.3 Å². The molecule has 1 heterocycles. The molecular weight excluding hydrogens is 310 g/mol. The molecule has 1 rings (SSSR count). The first-order chi connectivity index (χ1) is 10.6. The van der Waals surface area contributed by atoms with Crippen LogP contribution in [0.4, 0.5) is 4.79 Å². The summed E-state index contributed by atoms with van der Waals surface area (Å²) in [5.74, 6) is 0. The van der Waals surface area contributed by atoms with Crippen molar-refractivity contribution in [3.05, 3.63) is 28.2 Å². The summed E-state index contributed by atoms with van der Waals surface area (Å²) in [5, 5.41) is 9.24. The molecule has 0 aromatic carbocycles. The molecule has 5 nitrogen and oxygen atoms in total. The van der Waals surface area contributed by atoms with Gasteiger partial charge in [0.1, 0.15) is 5.60 Å². The van der Waals surface area contributed by atoms with E-state index in [0.717, 1.165) is 23.8 Å². The number of amides is 1. The number of alkyl carbamates (subject to hydrolysis) is 1. The van der Waals surface area contributed by atoms with Crippen LogP contribution in [0.5, 0.6) is 0 Å². The summed E-state index contributed by atoms with van der Waals surface area (Å²) < 4.78 is 5.15. The molecule has 0 fully saturated rings. The Bertz CT molecular complexity index is 525. The maximum Gasteiger partial charge on any atom is 0.407 e. The third-order valence-electron chi connectivity index (χ3n) is 2.69. The Morgan fingerprint density at radius 2 is 1.87 bits per heavy atom. The summed E-state index contributed by atoms with van der Waals surface area (Å²) in [7, 11) is 0. The van der Waals surface area contributed by atoms with Gasteiger partial charge in [0.15, 0.2) is 0 Å². The standard InChI is InChI=1S/C17H29N3O2S/c1-16(2,3)14-20-13(12-23-14)11-18-9-7-8-10-19-15(21)22-17(4,5)6/h7-8,12,18H,9-11H2,1-6H3,(H,19,21)/b8-7+. The number of nitrogens with one attached hydrogen (secondary N) is 2. The Hall–Kier alpha value is -1.40. The van der Waals surface area contributed by atoms with Crippen LogP contribution in [-0.2, 0) is 16.7 Å². The molecular formula is C17H29N3O2S. The summed E-state index contributed by atoms with van der Waals surface area (Å²) in [6.45, 7) is 14.0. The Balaban J connectivity index is 2.18. The molecule has 0 aliphatic rings. The zero-order chi connectivity index (χ0) is 17.5. The summed E-state index contributed by atoms with van der Waals surface area (Å²) in [6.07, 6.45) is 3.49.